The van der Waals surface area contributed by atoms with E-state index in [9.17, 15) is 4.79 Å². The maximum atomic E-state index is 12.4. The molecule has 3 heterocycles. The standard InChI is InChI=1S/C15H22N6O2/c1-11-4-5-21(6-7-23-11)15(22)17-14-8-13(18-20(14)3)12-9-16-19(2)10-12/h8-11H,4-7H2,1-3H3,(H,17,22). The average Bonchev–Trinajstić information content (AvgIpc) is 3.01. The minimum Gasteiger partial charge on any atom is -0.377 e. The predicted molar refractivity (Wildman–Crippen MR) is 86.0 cm³/mol. The highest BCUT2D eigenvalue weighted by molar-refractivity contribution is 5.89. The van der Waals surface area contributed by atoms with Gasteiger partial charge in [-0.15, -0.1) is 0 Å². The molecular weight excluding hydrogens is 296 g/mol. The van der Waals surface area contributed by atoms with Gasteiger partial charge >= 0.3 is 6.03 Å². The molecule has 1 fully saturated rings. The van der Waals surface area contributed by atoms with E-state index in [2.05, 4.69) is 15.5 Å². The van der Waals surface area contributed by atoms with E-state index in [1.165, 1.54) is 0 Å². The summed E-state index contributed by atoms with van der Waals surface area (Å²) in [6, 6.07) is 1.73. The summed E-state index contributed by atoms with van der Waals surface area (Å²) < 4.78 is 8.96. The second-order valence-electron chi connectivity index (χ2n) is 5.83. The lowest BCUT2D eigenvalue weighted by Gasteiger charge is -2.20. The average molecular weight is 318 g/mol. The molecule has 23 heavy (non-hydrogen) atoms. The topological polar surface area (TPSA) is 77.2 Å². The van der Waals surface area contributed by atoms with Gasteiger partial charge in [0.05, 0.1) is 24.6 Å². The van der Waals surface area contributed by atoms with Crippen LogP contribution >= 0.6 is 0 Å². The molecule has 8 nitrogen and oxygen atoms in total. The van der Waals surface area contributed by atoms with Gasteiger partial charge in [-0.3, -0.25) is 14.7 Å². The number of nitrogens with one attached hydrogen (secondary N) is 1. The maximum absolute atomic E-state index is 12.4. The Morgan fingerprint density at radius 3 is 2.96 bits per heavy atom. The third kappa shape index (κ3) is 3.53. The molecule has 8 heteroatoms. The third-order valence-electron chi connectivity index (χ3n) is 3.97. The van der Waals surface area contributed by atoms with E-state index in [0.29, 0.717) is 25.5 Å². The van der Waals surface area contributed by atoms with Gasteiger partial charge in [-0.1, -0.05) is 0 Å². The Kier molecular flexibility index (Phi) is 4.33. The fourth-order valence-corrected chi connectivity index (χ4v) is 2.57. The van der Waals surface area contributed by atoms with Crippen molar-refractivity contribution >= 4 is 11.8 Å². The number of aryl methyl sites for hydroxylation is 2. The highest BCUT2D eigenvalue weighted by Crippen LogP contribution is 2.21. The molecule has 0 aromatic carbocycles. The molecule has 1 saturated heterocycles. The van der Waals surface area contributed by atoms with Crippen molar-refractivity contribution in [2.45, 2.75) is 19.4 Å². The molecule has 1 unspecified atom stereocenters. The number of nitrogens with zero attached hydrogens (tertiary/aromatic N) is 5. The van der Waals surface area contributed by atoms with Crippen molar-refractivity contribution in [3.63, 3.8) is 0 Å². The molecule has 1 N–H and O–H groups in total. The molecule has 124 valence electrons. The Balaban J connectivity index is 1.70. The quantitative estimate of drug-likeness (QED) is 0.909. The number of carbonyl (C=O) groups is 1. The van der Waals surface area contributed by atoms with E-state index in [-0.39, 0.29) is 12.1 Å². The molecule has 2 aromatic heterocycles. The van der Waals surface area contributed by atoms with Crippen molar-refractivity contribution in [3.8, 4) is 11.3 Å². The maximum Gasteiger partial charge on any atom is 0.323 e. The van der Waals surface area contributed by atoms with Crippen LogP contribution in [0.15, 0.2) is 18.5 Å². The van der Waals surface area contributed by atoms with Gasteiger partial charge in [0.15, 0.2) is 0 Å². The molecule has 0 spiro atoms. The summed E-state index contributed by atoms with van der Waals surface area (Å²) in [6.07, 6.45) is 4.68. The third-order valence-corrected chi connectivity index (χ3v) is 3.97. The van der Waals surface area contributed by atoms with E-state index < -0.39 is 0 Å². The number of hydrogen-bond donors (Lipinski definition) is 1. The Hall–Kier alpha value is -2.35. The lowest BCUT2D eigenvalue weighted by molar-refractivity contribution is 0.0761. The molecule has 2 amide bonds. The molecule has 1 atom stereocenters. The number of aromatic nitrogens is 4. The number of rotatable bonds is 2. The van der Waals surface area contributed by atoms with Crippen LogP contribution in [0, 0.1) is 0 Å². The number of hydrogen-bond acceptors (Lipinski definition) is 4. The van der Waals surface area contributed by atoms with E-state index in [1.807, 2.05) is 33.3 Å². The summed E-state index contributed by atoms with van der Waals surface area (Å²) >= 11 is 0. The van der Waals surface area contributed by atoms with Crippen LogP contribution in [-0.2, 0) is 18.8 Å². The van der Waals surface area contributed by atoms with Gasteiger partial charge in [-0.05, 0) is 13.3 Å². The summed E-state index contributed by atoms with van der Waals surface area (Å²) in [5.74, 6) is 0.659. The normalized spacial score (nSPS) is 18.7. The predicted octanol–water partition coefficient (Wildman–Crippen LogP) is 1.46. The fourth-order valence-electron chi connectivity index (χ4n) is 2.57. The summed E-state index contributed by atoms with van der Waals surface area (Å²) in [4.78, 5) is 14.2. The number of urea groups is 1. The first-order chi connectivity index (χ1) is 11.0. The minimum absolute atomic E-state index is 0.122. The second kappa shape index (κ2) is 6.41. The second-order valence-corrected chi connectivity index (χ2v) is 5.83. The van der Waals surface area contributed by atoms with Gasteiger partial charge in [0.2, 0.25) is 0 Å². The molecule has 1 aliphatic rings. The van der Waals surface area contributed by atoms with Gasteiger partial charge in [-0.2, -0.15) is 10.2 Å². The molecule has 0 bridgehead atoms. The number of carbonyl (C=O) groups excluding carboxylic acids is 1. The molecule has 0 aliphatic carbocycles. The SMILES string of the molecule is CC1CCN(C(=O)Nc2cc(-c3cnn(C)c3)nn2C)CCO1. The smallest absolute Gasteiger partial charge is 0.323 e. The Morgan fingerprint density at radius 1 is 1.39 bits per heavy atom. The highest BCUT2D eigenvalue weighted by atomic mass is 16.5. The largest absolute Gasteiger partial charge is 0.377 e. The van der Waals surface area contributed by atoms with Crippen LogP contribution in [0.4, 0.5) is 10.6 Å². The van der Waals surface area contributed by atoms with Crippen molar-refractivity contribution in [2.75, 3.05) is 25.0 Å². The first-order valence-electron chi connectivity index (χ1n) is 7.73. The summed E-state index contributed by atoms with van der Waals surface area (Å²) in [5.41, 5.74) is 1.70. The zero-order valence-electron chi connectivity index (χ0n) is 13.7. The van der Waals surface area contributed by atoms with E-state index in [0.717, 1.165) is 17.7 Å². The van der Waals surface area contributed by atoms with Gasteiger partial charge < -0.3 is 9.64 Å². The Morgan fingerprint density at radius 2 is 2.22 bits per heavy atom. The van der Waals surface area contributed by atoms with Crippen LogP contribution in [0.5, 0.6) is 0 Å². The Bertz CT molecular complexity index is 692. The van der Waals surface area contributed by atoms with Crippen molar-refractivity contribution in [3.05, 3.63) is 18.5 Å². The molecule has 2 aromatic rings. The van der Waals surface area contributed by atoms with Gasteiger partial charge in [0.1, 0.15) is 5.82 Å². The summed E-state index contributed by atoms with van der Waals surface area (Å²) in [5, 5.41) is 11.5. The van der Waals surface area contributed by atoms with Crippen molar-refractivity contribution in [2.24, 2.45) is 14.1 Å². The van der Waals surface area contributed by atoms with Crippen molar-refractivity contribution < 1.29 is 9.53 Å². The molecule has 0 saturated carbocycles. The number of amides is 2. The zero-order valence-corrected chi connectivity index (χ0v) is 13.7. The number of ether oxygens (including phenoxy) is 1. The van der Waals surface area contributed by atoms with Gasteiger partial charge in [0.25, 0.3) is 0 Å². The first kappa shape index (κ1) is 15.5. The summed E-state index contributed by atoms with van der Waals surface area (Å²) in [6.45, 7) is 3.90. The lowest BCUT2D eigenvalue weighted by Crippen LogP contribution is -2.37. The highest BCUT2D eigenvalue weighted by Gasteiger charge is 2.20. The van der Waals surface area contributed by atoms with Crippen molar-refractivity contribution in [1.82, 2.24) is 24.5 Å². The summed E-state index contributed by atoms with van der Waals surface area (Å²) in [7, 11) is 3.67. The van der Waals surface area contributed by atoms with Crippen LogP contribution < -0.4 is 5.32 Å². The monoisotopic (exact) mass is 318 g/mol. The molecular formula is C15H22N6O2. The molecule has 1 aliphatic heterocycles. The fraction of sp³-hybridized carbons (Fsp3) is 0.533. The van der Waals surface area contributed by atoms with E-state index in [4.69, 9.17) is 4.74 Å². The minimum atomic E-state index is -0.122. The number of anilines is 1. The van der Waals surface area contributed by atoms with E-state index in [1.54, 1.807) is 20.5 Å². The van der Waals surface area contributed by atoms with Gasteiger partial charge in [0, 0.05) is 45.0 Å². The molecule has 0 radical (unpaired) electrons. The first-order valence-corrected chi connectivity index (χ1v) is 7.73. The van der Waals surface area contributed by atoms with Crippen molar-refractivity contribution in [1.29, 1.82) is 0 Å². The van der Waals surface area contributed by atoms with Crippen LogP contribution in [0.1, 0.15) is 13.3 Å². The van der Waals surface area contributed by atoms with Crippen LogP contribution in [0.2, 0.25) is 0 Å². The molecule has 3 rings (SSSR count). The van der Waals surface area contributed by atoms with Crippen LogP contribution in [0.3, 0.4) is 0 Å². The Labute approximate surface area is 135 Å². The van der Waals surface area contributed by atoms with E-state index >= 15 is 0 Å². The lowest BCUT2D eigenvalue weighted by atomic mass is 10.2. The zero-order chi connectivity index (χ0) is 16.4. The van der Waals surface area contributed by atoms with Crippen LogP contribution in [0.25, 0.3) is 11.3 Å². The van der Waals surface area contributed by atoms with Gasteiger partial charge in [-0.25, -0.2) is 4.79 Å². The van der Waals surface area contributed by atoms with Crippen LogP contribution in [-0.4, -0.2) is 56.3 Å².